The van der Waals surface area contributed by atoms with Crippen LogP contribution in [0.25, 0.3) is 5.69 Å². The van der Waals surface area contributed by atoms with Gasteiger partial charge in [-0.2, -0.15) is 13.2 Å². The first kappa shape index (κ1) is 22.9. The van der Waals surface area contributed by atoms with Crippen LogP contribution >= 0.6 is 12.2 Å². The van der Waals surface area contributed by atoms with Gasteiger partial charge in [0.1, 0.15) is 11.8 Å². The lowest BCUT2D eigenvalue weighted by molar-refractivity contribution is -0.137. The molecule has 0 saturated carbocycles. The number of aromatic nitrogens is 2. The first-order valence-corrected chi connectivity index (χ1v) is 11.3. The summed E-state index contributed by atoms with van der Waals surface area (Å²) in [4.78, 5) is 6.49. The van der Waals surface area contributed by atoms with E-state index in [1.54, 1.807) is 30.1 Å². The molecule has 1 fully saturated rings. The van der Waals surface area contributed by atoms with Gasteiger partial charge in [-0.25, -0.2) is 0 Å². The normalized spacial score (nSPS) is 17.9. The molecule has 0 bridgehead atoms. The Hall–Kier alpha value is -3.85. The highest BCUT2D eigenvalue weighted by atomic mass is 32.1. The van der Waals surface area contributed by atoms with Gasteiger partial charge in [-0.1, -0.05) is 18.2 Å². The fourth-order valence-electron chi connectivity index (χ4n) is 4.40. The minimum absolute atomic E-state index is 0.339. The third kappa shape index (κ3) is 4.35. The van der Waals surface area contributed by atoms with E-state index in [2.05, 4.69) is 10.3 Å². The summed E-state index contributed by atoms with van der Waals surface area (Å²) in [5.41, 5.74) is 2.02. The number of rotatable bonds is 5. The lowest BCUT2D eigenvalue weighted by Gasteiger charge is -2.29. The van der Waals surface area contributed by atoms with Crippen LogP contribution in [0.2, 0.25) is 0 Å². The van der Waals surface area contributed by atoms with E-state index in [1.165, 1.54) is 6.07 Å². The highest BCUT2D eigenvalue weighted by molar-refractivity contribution is 7.80. The van der Waals surface area contributed by atoms with Gasteiger partial charge in [0.25, 0.3) is 0 Å². The van der Waals surface area contributed by atoms with Gasteiger partial charge < -0.3 is 19.5 Å². The van der Waals surface area contributed by atoms with E-state index in [9.17, 15) is 13.2 Å². The smallest absolute Gasteiger partial charge is 0.416 e. The van der Waals surface area contributed by atoms with Crippen LogP contribution in [0.4, 0.5) is 18.9 Å². The van der Waals surface area contributed by atoms with Gasteiger partial charge in [-0.3, -0.25) is 4.98 Å². The molecule has 2 aromatic carbocycles. The van der Waals surface area contributed by atoms with Crippen molar-refractivity contribution in [3.63, 3.8) is 0 Å². The van der Waals surface area contributed by atoms with Crippen LogP contribution < -0.4 is 15.0 Å². The first-order valence-electron chi connectivity index (χ1n) is 10.9. The van der Waals surface area contributed by atoms with Crippen molar-refractivity contribution >= 4 is 23.0 Å². The Balaban J connectivity index is 1.66. The quantitative estimate of drug-likeness (QED) is 0.341. The summed E-state index contributed by atoms with van der Waals surface area (Å²) in [5, 5.41) is 3.85. The summed E-state index contributed by atoms with van der Waals surface area (Å²) < 4.78 is 47.5. The SMILES string of the molecule is COc1cccc(N2C(=S)N[C@H](c3ccccn3)[C@@H]2c2cccn2-c2cccc(C(F)(F)F)c2)c1. The molecule has 0 amide bonds. The number of ether oxygens (including phenoxy) is 1. The fraction of sp³-hybridized carbons (Fsp3) is 0.154. The lowest BCUT2D eigenvalue weighted by Crippen LogP contribution is -2.30. The molecule has 35 heavy (non-hydrogen) atoms. The molecule has 3 heterocycles. The number of halogens is 3. The summed E-state index contributed by atoms with van der Waals surface area (Å²) in [6.07, 6.45) is -0.981. The van der Waals surface area contributed by atoms with Gasteiger partial charge in [-0.15, -0.1) is 0 Å². The van der Waals surface area contributed by atoms with Gasteiger partial charge in [-0.05, 0) is 66.8 Å². The van der Waals surface area contributed by atoms with Crippen LogP contribution in [0.5, 0.6) is 5.75 Å². The molecule has 0 radical (unpaired) electrons. The molecule has 5 rings (SSSR count). The number of hydrogen-bond acceptors (Lipinski definition) is 3. The van der Waals surface area contributed by atoms with Crippen LogP contribution in [0.3, 0.4) is 0 Å². The number of thiocarbonyl (C=S) groups is 1. The Kier molecular flexibility index (Phi) is 5.94. The summed E-state index contributed by atoms with van der Waals surface area (Å²) in [7, 11) is 1.59. The molecular formula is C26H21F3N4OS. The molecule has 2 atom stereocenters. The summed E-state index contributed by atoms with van der Waals surface area (Å²) in [5.74, 6) is 0.665. The van der Waals surface area contributed by atoms with Gasteiger partial charge >= 0.3 is 6.18 Å². The van der Waals surface area contributed by atoms with Crippen molar-refractivity contribution in [2.24, 2.45) is 0 Å². The maximum Gasteiger partial charge on any atom is 0.416 e. The molecular weight excluding hydrogens is 473 g/mol. The molecule has 9 heteroatoms. The van der Waals surface area contributed by atoms with Crippen LogP contribution in [-0.2, 0) is 6.18 Å². The second-order valence-corrected chi connectivity index (χ2v) is 8.44. The summed E-state index contributed by atoms with van der Waals surface area (Å²) in [6.45, 7) is 0. The van der Waals surface area contributed by atoms with Crippen molar-refractivity contribution in [2.75, 3.05) is 12.0 Å². The summed E-state index contributed by atoms with van der Waals surface area (Å²) in [6, 6.07) is 21.4. The first-order chi connectivity index (χ1) is 16.9. The molecule has 178 valence electrons. The molecule has 0 aliphatic carbocycles. The highest BCUT2D eigenvalue weighted by Crippen LogP contribution is 2.43. The third-order valence-electron chi connectivity index (χ3n) is 5.96. The fourth-order valence-corrected chi connectivity index (χ4v) is 4.74. The summed E-state index contributed by atoms with van der Waals surface area (Å²) >= 11 is 5.75. The number of methoxy groups -OCH3 is 1. The number of benzene rings is 2. The molecule has 5 nitrogen and oxygen atoms in total. The zero-order chi connectivity index (χ0) is 24.6. The highest BCUT2D eigenvalue weighted by Gasteiger charge is 2.42. The molecule has 0 spiro atoms. The molecule has 0 unspecified atom stereocenters. The minimum atomic E-state index is -4.44. The molecule has 4 aromatic rings. The van der Waals surface area contributed by atoms with Gasteiger partial charge in [0.05, 0.1) is 24.4 Å². The van der Waals surface area contributed by atoms with Gasteiger partial charge in [0.15, 0.2) is 5.11 Å². The van der Waals surface area contributed by atoms with E-state index in [0.29, 0.717) is 16.5 Å². The van der Waals surface area contributed by atoms with Crippen molar-refractivity contribution in [3.8, 4) is 11.4 Å². The predicted octanol–water partition coefficient (Wildman–Crippen LogP) is 6.08. The zero-order valence-corrected chi connectivity index (χ0v) is 19.4. The average molecular weight is 495 g/mol. The average Bonchev–Trinajstić information content (AvgIpc) is 3.48. The number of nitrogens with one attached hydrogen (secondary N) is 1. The van der Waals surface area contributed by atoms with Crippen LogP contribution in [0.15, 0.2) is 91.3 Å². The van der Waals surface area contributed by atoms with E-state index in [0.717, 1.165) is 29.2 Å². The third-order valence-corrected chi connectivity index (χ3v) is 6.28. The van der Waals surface area contributed by atoms with E-state index >= 15 is 0 Å². The maximum atomic E-state index is 13.4. The Morgan fingerprint density at radius 3 is 2.49 bits per heavy atom. The zero-order valence-electron chi connectivity index (χ0n) is 18.6. The molecule has 1 aliphatic heterocycles. The second kappa shape index (κ2) is 9.07. The van der Waals surface area contributed by atoms with Crippen molar-refractivity contribution < 1.29 is 17.9 Å². The number of hydrogen-bond donors (Lipinski definition) is 1. The minimum Gasteiger partial charge on any atom is -0.497 e. The number of anilines is 1. The topological polar surface area (TPSA) is 42.3 Å². The number of alkyl halides is 3. The van der Waals surface area contributed by atoms with E-state index in [-0.39, 0.29) is 6.04 Å². The van der Waals surface area contributed by atoms with Crippen molar-refractivity contribution in [1.82, 2.24) is 14.9 Å². The largest absolute Gasteiger partial charge is 0.497 e. The lowest BCUT2D eigenvalue weighted by atomic mass is 10.0. The van der Waals surface area contributed by atoms with Crippen molar-refractivity contribution in [3.05, 3.63) is 108 Å². The van der Waals surface area contributed by atoms with Crippen molar-refractivity contribution in [2.45, 2.75) is 18.3 Å². The van der Waals surface area contributed by atoms with Gasteiger partial charge in [0.2, 0.25) is 0 Å². The van der Waals surface area contributed by atoms with Crippen LogP contribution in [0, 0.1) is 0 Å². The van der Waals surface area contributed by atoms with Crippen LogP contribution in [-0.4, -0.2) is 21.8 Å². The second-order valence-electron chi connectivity index (χ2n) is 8.05. The predicted molar refractivity (Wildman–Crippen MR) is 132 cm³/mol. The van der Waals surface area contributed by atoms with E-state index in [1.807, 2.05) is 59.5 Å². The van der Waals surface area contributed by atoms with Crippen LogP contribution in [0.1, 0.15) is 29.0 Å². The Labute approximate surface area is 205 Å². The number of pyridine rings is 1. The Morgan fingerprint density at radius 1 is 0.943 bits per heavy atom. The molecule has 1 N–H and O–H groups in total. The van der Waals surface area contributed by atoms with Gasteiger partial charge in [0, 0.05) is 35.5 Å². The molecule has 2 aromatic heterocycles. The maximum absolute atomic E-state index is 13.4. The molecule has 1 saturated heterocycles. The Morgan fingerprint density at radius 2 is 1.74 bits per heavy atom. The number of nitrogens with zero attached hydrogens (tertiary/aromatic N) is 3. The van der Waals surface area contributed by atoms with E-state index < -0.39 is 17.8 Å². The standard InChI is InChI=1S/C26H21F3N4OS/c1-34-20-10-5-9-19(16-20)33-24(23(31-25(33)35)21-11-2-3-13-30-21)22-12-6-14-32(22)18-8-4-7-17(15-18)26(27,28)29/h2-16,23-24H,1H3,(H,31,35)/t23-,24+/m1/s1. The molecule has 1 aliphatic rings. The van der Waals surface area contributed by atoms with E-state index in [4.69, 9.17) is 17.0 Å². The Bertz CT molecular complexity index is 1360. The monoisotopic (exact) mass is 494 g/mol. The van der Waals surface area contributed by atoms with Crippen molar-refractivity contribution in [1.29, 1.82) is 0 Å².